The van der Waals surface area contributed by atoms with Gasteiger partial charge in [0, 0.05) is 5.02 Å². The van der Waals surface area contributed by atoms with Crippen LogP contribution in [-0.4, -0.2) is 37.6 Å². The van der Waals surface area contributed by atoms with Crippen LogP contribution < -0.4 is 14.8 Å². The average molecular weight is 395 g/mol. The third-order valence-corrected chi connectivity index (χ3v) is 3.63. The maximum absolute atomic E-state index is 12.1. The van der Waals surface area contributed by atoms with Crippen LogP contribution in [0.2, 0.25) is 5.02 Å². The van der Waals surface area contributed by atoms with Crippen LogP contribution in [0, 0.1) is 10.1 Å². The van der Waals surface area contributed by atoms with Crippen LogP contribution in [0.25, 0.3) is 0 Å². The highest BCUT2D eigenvalue weighted by molar-refractivity contribution is 6.31. The van der Waals surface area contributed by atoms with Crippen molar-refractivity contribution in [2.45, 2.75) is 0 Å². The quantitative estimate of drug-likeness (QED) is 0.435. The van der Waals surface area contributed by atoms with Crippen molar-refractivity contribution >= 4 is 34.9 Å². The van der Waals surface area contributed by atoms with Gasteiger partial charge in [-0.1, -0.05) is 11.6 Å². The summed E-state index contributed by atoms with van der Waals surface area (Å²) in [6.45, 7) is -0.655. The average Bonchev–Trinajstić information content (AvgIpc) is 2.66. The highest BCUT2D eigenvalue weighted by Crippen LogP contribution is 2.29. The second-order valence-corrected chi connectivity index (χ2v) is 5.55. The molecule has 2 aromatic carbocycles. The van der Waals surface area contributed by atoms with E-state index < -0.39 is 23.4 Å². The second-order valence-electron chi connectivity index (χ2n) is 5.11. The van der Waals surface area contributed by atoms with Gasteiger partial charge in [-0.3, -0.25) is 14.9 Å². The number of nitro groups is 1. The molecule has 0 aromatic heterocycles. The smallest absolute Gasteiger partial charge is 0.342 e. The van der Waals surface area contributed by atoms with Gasteiger partial charge >= 0.3 is 5.97 Å². The summed E-state index contributed by atoms with van der Waals surface area (Å²) in [5.74, 6) is -1.08. The zero-order valence-electron chi connectivity index (χ0n) is 14.4. The van der Waals surface area contributed by atoms with Crippen molar-refractivity contribution < 1.29 is 28.7 Å². The Morgan fingerprint density at radius 3 is 2.52 bits per heavy atom. The number of esters is 1. The Morgan fingerprint density at radius 1 is 1.15 bits per heavy atom. The number of nitrogens with zero attached hydrogens (tertiary/aromatic N) is 1. The Kier molecular flexibility index (Phi) is 6.56. The SMILES string of the molecule is COc1ccc(NC(=O)COC(=O)c2cc(Cl)ccc2OC)c([N+](=O)[O-])c1. The van der Waals surface area contributed by atoms with Gasteiger partial charge in [0.05, 0.1) is 25.2 Å². The maximum Gasteiger partial charge on any atom is 0.342 e. The topological polar surface area (TPSA) is 117 Å². The molecule has 27 heavy (non-hydrogen) atoms. The lowest BCUT2D eigenvalue weighted by Gasteiger charge is -2.10. The number of halogens is 1. The van der Waals surface area contributed by atoms with E-state index in [2.05, 4.69) is 5.32 Å². The lowest BCUT2D eigenvalue weighted by molar-refractivity contribution is -0.384. The first-order valence-corrected chi connectivity index (χ1v) is 7.86. The largest absolute Gasteiger partial charge is 0.496 e. The highest BCUT2D eigenvalue weighted by atomic mass is 35.5. The monoisotopic (exact) mass is 394 g/mol. The summed E-state index contributed by atoms with van der Waals surface area (Å²) in [6, 6.07) is 8.29. The van der Waals surface area contributed by atoms with E-state index in [4.69, 9.17) is 25.8 Å². The zero-order valence-corrected chi connectivity index (χ0v) is 15.1. The van der Waals surface area contributed by atoms with Crippen molar-refractivity contribution in [2.24, 2.45) is 0 Å². The molecule has 0 fully saturated rings. The van der Waals surface area contributed by atoms with E-state index in [9.17, 15) is 19.7 Å². The van der Waals surface area contributed by atoms with Crippen molar-refractivity contribution in [1.29, 1.82) is 0 Å². The van der Waals surface area contributed by atoms with Gasteiger partial charge in [-0.2, -0.15) is 0 Å². The first-order valence-electron chi connectivity index (χ1n) is 7.48. The van der Waals surface area contributed by atoms with Gasteiger partial charge < -0.3 is 19.5 Å². The molecule has 0 aliphatic carbocycles. The van der Waals surface area contributed by atoms with E-state index in [0.29, 0.717) is 5.02 Å². The molecular formula is C17H15ClN2O7. The van der Waals surface area contributed by atoms with Gasteiger partial charge in [-0.05, 0) is 30.3 Å². The number of hydrogen-bond acceptors (Lipinski definition) is 7. The number of anilines is 1. The molecule has 2 aromatic rings. The van der Waals surface area contributed by atoms with Crippen LogP contribution in [-0.2, 0) is 9.53 Å². The molecule has 0 bridgehead atoms. The third kappa shape index (κ3) is 5.08. The molecular weight excluding hydrogens is 380 g/mol. The normalized spacial score (nSPS) is 10.0. The van der Waals surface area contributed by atoms with Gasteiger partial charge in [0.15, 0.2) is 6.61 Å². The minimum Gasteiger partial charge on any atom is -0.496 e. The van der Waals surface area contributed by atoms with Crippen molar-refractivity contribution in [2.75, 3.05) is 26.1 Å². The molecule has 0 saturated heterocycles. The van der Waals surface area contributed by atoms with Gasteiger partial charge in [0.25, 0.3) is 11.6 Å². The molecule has 1 N–H and O–H groups in total. The Bertz CT molecular complexity index is 886. The molecule has 0 saturated carbocycles. The highest BCUT2D eigenvalue weighted by Gasteiger charge is 2.19. The number of carbonyl (C=O) groups excluding carboxylic acids is 2. The Hall–Kier alpha value is -3.33. The van der Waals surface area contributed by atoms with Crippen LogP contribution in [0.5, 0.6) is 11.5 Å². The maximum atomic E-state index is 12.1. The van der Waals surface area contributed by atoms with E-state index in [1.165, 1.54) is 50.6 Å². The van der Waals surface area contributed by atoms with Crippen LogP contribution in [0.3, 0.4) is 0 Å². The van der Waals surface area contributed by atoms with Gasteiger partial charge in [0.1, 0.15) is 22.7 Å². The number of rotatable bonds is 7. The third-order valence-electron chi connectivity index (χ3n) is 3.39. The van der Waals surface area contributed by atoms with E-state index in [0.717, 1.165) is 0 Å². The molecule has 0 radical (unpaired) electrons. The first kappa shape index (κ1) is 20.0. The number of methoxy groups -OCH3 is 2. The molecule has 9 nitrogen and oxygen atoms in total. The standard InChI is InChI=1S/C17H15ClN2O7/c1-25-11-4-5-13(14(8-11)20(23)24)19-16(21)9-27-17(22)12-7-10(18)3-6-15(12)26-2/h3-8H,9H2,1-2H3,(H,19,21). The number of hydrogen-bond donors (Lipinski definition) is 1. The van der Waals surface area contributed by atoms with E-state index >= 15 is 0 Å². The van der Waals surface area contributed by atoms with E-state index in [1.54, 1.807) is 0 Å². The minimum absolute atomic E-state index is 0.0493. The Balaban J connectivity index is 2.06. The van der Waals surface area contributed by atoms with Gasteiger partial charge in [-0.15, -0.1) is 0 Å². The van der Waals surface area contributed by atoms with Crippen molar-refractivity contribution in [1.82, 2.24) is 0 Å². The van der Waals surface area contributed by atoms with E-state index in [1.807, 2.05) is 0 Å². The minimum atomic E-state index is -0.825. The zero-order chi connectivity index (χ0) is 20.0. The Morgan fingerprint density at radius 2 is 1.89 bits per heavy atom. The molecule has 0 unspecified atom stereocenters. The molecule has 0 aliphatic rings. The lowest BCUT2D eigenvalue weighted by atomic mass is 10.2. The summed E-state index contributed by atoms with van der Waals surface area (Å²) in [4.78, 5) is 34.6. The number of benzene rings is 2. The second kappa shape index (κ2) is 8.86. The summed E-state index contributed by atoms with van der Waals surface area (Å²) < 4.78 is 14.9. The predicted molar refractivity (Wildman–Crippen MR) is 96.6 cm³/mol. The van der Waals surface area contributed by atoms with Crippen molar-refractivity contribution in [3.63, 3.8) is 0 Å². The fourth-order valence-corrected chi connectivity index (χ4v) is 2.30. The van der Waals surface area contributed by atoms with Crippen molar-refractivity contribution in [3.05, 3.63) is 57.1 Å². The fraction of sp³-hybridized carbons (Fsp3) is 0.176. The summed E-state index contributed by atoms with van der Waals surface area (Å²) in [6.07, 6.45) is 0. The molecule has 1 amide bonds. The van der Waals surface area contributed by atoms with Gasteiger partial charge in [-0.25, -0.2) is 4.79 Å². The number of nitro benzene ring substituents is 1. The number of amides is 1. The molecule has 0 aliphatic heterocycles. The first-order chi connectivity index (χ1) is 12.8. The summed E-state index contributed by atoms with van der Waals surface area (Å²) in [5.41, 5.74) is -0.360. The molecule has 0 atom stereocenters. The van der Waals surface area contributed by atoms with Crippen LogP contribution >= 0.6 is 11.6 Å². The summed E-state index contributed by atoms with van der Waals surface area (Å²) in [7, 11) is 2.73. The lowest BCUT2D eigenvalue weighted by Crippen LogP contribution is -2.21. The molecule has 0 spiro atoms. The van der Waals surface area contributed by atoms with Crippen molar-refractivity contribution in [3.8, 4) is 11.5 Å². The molecule has 0 heterocycles. The van der Waals surface area contributed by atoms with Crippen LogP contribution in [0.4, 0.5) is 11.4 Å². The Labute approximate surface area is 158 Å². The number of ether oxygens (including phenoxy) is 3. The molecule has 10 heteroatoms. The van der Waals surface area contributed by atoms with Crippen LogP contribution in [0.1, 0.15) is 10.4 Å². The molecule has 142 valence electrons. The molecule has 2 rings (SSSR count). The number of nitrogens with one attached hydrogen (secondary N) is 1. The summed E-state index contributed by atoms with van der Waals surface area (Å²) >= 11 is 5.84. The summed E-state index contributed by atoms with van der Waals surface area (Å²) in [5, 5.41) is 13.7. The predicted octanol–water partition coefficient (Wildman–Crippen LogP) is 3.06. The number of carbonyl (C=O) groups is 2. The van der Waals surface area contributed by atoms with E-state index in [-0.39, 0.29) is 28.4 Å². The fourth-order valence-electron chi connectivity index (χ4n) is 2.13. The van der Waals surface area contributed by atoms with Crippen LogP contribution in [0.15, 0.2) is 36.4 Å². The van der Waals surface area contributed by atoms with Gasteiger partial charge in [0.2, 0.25) is 0 Å².